The maximum absolute atomic E-state index is 11.4. The lowest BCUT2D eigenvalue weighted by Crippen LogP contribution is -2.31. The molecule has 1 aromatic carbocycles. The summed E-state index contributed by atoms with van der Waals surface area (Å²) >= 11 is 5.85. The third-order valence-electron chi connectivity index (χ3n) is 2.17. The first kappa shape index (κ1) is 17.0. The largest absolute Gasteiger partial charge is 0.482 e. The quantitative estimate of drug-likeness (QED) is 0.599. The topological polar surface area (TPSA) is 81.7 Å². The van der Waals surface area contributed by atoms with Crippen molar-refractivity contribution in [1.82, 2.24) is 5.32 Å². The number of hydrogen-bond donors (Lipinski definition) is 1. The Morgan fingerprint density at radius 3 is 2.65 bits per heavy atom. The van der Waals surface area contributed by atoms with E-state index in [1.165, 1.54) is 19.2 Å². The Bertz CT molecular complexity index is 576. The van der Waals surface area contributed by atoms with E-state index in [9.17, 15) is 13.2 Å². The van der Waals surface area contributed by atoms with Gasteiger partial charge in [-0.1, -0.05) is 11.6 Å². The van der Waals surface area contributed by atoms with Gasteiger partial charge in [0.05, 0.1) is 16.5 Å². The predicted molar refractivity (Wildman–Crippen MR) is 74.9 cm³/mol. The average Bonchev–Trinajstić information content (AvgIpc) is 2.36. The van der Waals surface area contributed by atoms with Crippen LogP contribution in [0.3, 0.4) is 0 Å². The Balaban J connectivity index is 2.59. The van der Waals surface area contributed by atoms with Crippen LogP contribution >= 0.6 is 22.3 Å². The molecular weight excluding hydrogens is 329 g/mol. The Morgan fingerprint density at radius 2 is 2.10 bits per heavy atom. The molecule has 0 fully saturated rings. The molecule has 9 heteroatoms. The normalized spacial score (nSPS) is 11.2. The SMILES string of the molecule is COCCNC(=O)COc1ccc(S(=O)(=O)Cl)cc1Cl. The zero-order chi connectivity index (χ0) is 15.2. The maximum atomic E-state index is 11.4. The van der Waals surface area contributed by atoms with Crippen LogP contribution in [0.5, 0.6) is 5.75 Å². The molecule has 0 saturated carbocycles. The highest BCUT2D eigenvalue weighted by Gasteiger charge is 2.13. The summed E-state index contributed by atoms with van der Waals surface area (Å²) < 4.78 is 32.1. The molecule has 0 radical (unpaired) electrons. The molecule has 1 rings (SSSR count). The van der Waals surface area contributed by atoms with Gasteiger partial charge < -0.3 is 14.8 Å². The predicted octanol–water partition coefficient (Wildman–Crippen LogP) is 1.41. The lowest BCUT2D eigenvalue weighted by molar-refractivity contribution is -0.123. The monoisotopic (exact) mass is 341 g/mol. The van der Waals surface area contributed by atoms with Crippen LogP contribution in [-0.4, -0.2) is 41.2 Å². The number of methoxy groups -OCH3 is 1. The zero-order valence-corrected chi connectivity index (χ0v) is 12.9. The zero-order valence-electron chi connectivity index (χ0n) is 10.6. The van der Waals surface area contributed by atoms with Crippen molar-refractivity contribution in [2.45, 2.75) is 4.90 Å². The Morgan fingerprint density at radius 1 is 1.40 bits per heavy atom. The number of carbonyl (C=O) groups excluding carboxylic acids is 1. The Hall–Kier alpha value is -1.02. The average molecular weight is 342 g/mol. The van der Waals surface area contributed by atoms with Crippen molar-refractivity contribution in [3.05, 3.63) is 23.2 Å². The van der Waals surface area contributed by atoms with Crippen LogP contribution in [0.15, 0.2) is 23.1 Å². The summed E-state index contributed by atoms with van der Waals surface area (Å²) in [6, 6.07) is 3.73. The van der Waals surface area contributed by atoms with Crippen molar-refractivity contribution in [2.24, 2.45) is 0 Å². The molecule has 20 heavy (non-hydrogen) atoms. The van der Waals surface area contributed by atoms with Crippen molar-refractivity contribution in [1.29, 1.82) is 0 Å². The van der Waals surface area contributed by atoms with E-state index in [0.29, 0.717) is 13.2 Å². The second-order valence-electron chi connectivity index (χ2n) is 3.66. The molecule has 0 atom stereocenters. The van der Waals surface area contributed by atoms with Gasteiger partial charge in [-0.15, -0.1) is 0 Å². The molecule has 0 bridgehead atoms. The number of carbonyl (C=O) groups is 1. The number of benzene rings is 1. The Labute approximate surface area is 126 Å². The highest BCUT2D eigenvalue weighted by molar-refractivity contribution is 8.13. The highest BCUT2D eigenvalue weighted by Crippen LogP contribution is 2.28. The number of nitrogens with one attached hydrogen (secondary N) is 1. The van der Waals surface area contributed by atoms with Crippen LogP contribution in [0.1, 0.15) is 0 Å². The van der Waals surface area contributed by atoms with E-state index in [4.69, 9.17) is 31.8 Å². The molecule has 112 valence electrons. The molecular formula is C11H13Cl2NO5S. The summed E-state index contributed by atoms with van der Waals surface area (Å²) in [7, 11) is 2.85. The molecule has 1 aromatic rings. The van der Waals surface area contributed by atoms with E-state index in [1.54, 1.807) is 0 Å². The molecule has 0 spiro atoms. The van der Waals surface area contributed by atoms with Gasteiger partial charge in [-0.25, -0.2) is 8.42 Å². The number of amides is 1. The second-order valence-corrected chi connectivity index (χ2v) is 6.63. The van der Waals surface area contributed by atoms with Crippen molar-refractivity contribution in [3.8, 4) is 5.75 Å². The summed E-state index contributed by atoms with van der Waals surface area (Å²) in [6.07, 6.45) is 0. The summed E-state index contributed by atoms with van der Waals surface area (Å²) in [6.45, 7) is 0.529. The van der Waals surface area contributed by atoms with Gasteiger partial charge in [0, 0.05) is 24.3 Å². The van der Waals surface area contributed by atoms with Crippen LogP contribution in [0.25, 0.3) is 0 Å². The fourth-order valence-corrected chi connectivity index (χ4v) is 2.31. The van der Waals surface area contributed by atoms with Gasteiger partial charge in [0.25, 0.3) is 15.0 Å². The van der Waals surface area contributed by atoms with E-state index in [1.807, 2.05) is 0 Å². The molecule has 0 heterocycles. The molecule has 0 aliphatic carbocycles. The summed E-state index contributed by atoms with van der Waals surface area (Å²) in [4.78, 5) is 11.2. The van der Waals surface area contributed by atoms with E-state index in [-0.39, 0.29) is 28.2 Å². The minimum Gasteiger partial charge on any atom is -0.482 e. The lowest BCUT2D eigenvalue weighted by atomic mass is 10.3. The smallest absolute Gasteiger partial charge is 0.261 e. The van der Waals surface area contributed by atoms with E-state index < -0.39 is 9.05 Å². The van der Waals surface area contributed by atoms with Crippen LogP contribution in [0, 0.1) is 0 Å². The maximum Gasteiger partial charge on any atom is 0.261 e. The third-order valence-corrected chi connectivity index (χ3v) is 3.82. The number of rotatable bonds is 7. The van der Waals surface area contributed by atoms with Gasteiger partial charge in [-0.05, 0) is 18.2 Å². The first-order valence-corrected chi connectivity index (χ1v) is 8.16. The minimum absolute atomic E-state index is 0.0522. The number of halogens is 2. The van der Waals surface area contributed by atoms with Crippen molar-refractivity contribution in [3.63, 3.8) is 0 Å². The molecule has 0 aromatic heterocycles. The first-order chi connectivity index (χ1) is 9.34. The van der Waals surface area contributed by atoms with Crippen LogP contribution in [0.4, 0.5) is 0 Å². The third kappa shape index (κ3) is 5.54. The molecule has 1 N–H and O–H groups in total. The minimum atomic E-state index is -3.85. The highest BCUT2D eigenvalue weighted by atomic mass is 35.7. The molecule has 0 aliphatic rings. The standard InChI is InChI=1S/C11H13Cl2NO5S/c1-18-5-4-14-11(15)7-19-10-3-2-8(6-9(10)12)20(13,16)17/h2-3,6H,4-5,7H2,1H3,(H,14,15). The second kappa shape index (κ2) is 7.68. The van der Waals surface area contributed by atoms with Gasteiger partial charge in [0.15, 0.2) is 6.61 Å². The summed E-state index contributed by atoms with van der Waals surface area (Å²) in [5.41, 5.74) is 0. The van der Waals surface area contributed by atoms with Gasteiger partial charge in [-0.3, -0.25) is 4.79 Å². The lowest BCUT2D eigenvalue weighted by Gasteiger charge is -2.09. The first-order valence-electron chi connectivity index (χ1n) is 5.47. The van der Waals surface area contributed by atoms with Gasteiger partial charge in [0.2, 0.25) is 0 Å². The Kier molecular flexibility index (Phi) is 6.54. The molecule has 1 amide bonds. The summed E-state index contributed by atoms with van der Waals surface area (Å²) in [5.74, 6) is -0.148. The molecule has 0 unspecified atom stereocenters. The number of hydrogen-bond acceptors (Lipinski definition) is 5. The van der Waals surface area contributed by atoms with E-state index >= 15 is 0 Å². The molecule has 0 aliphatic heterocycles. The fraction of sp³-hybridized carbons (Fsp3) is 0.364. The van der Waals surface area contributed by atoms with Crippen molar-refractivity contribution in [2.75, 3.05) is 26.9 Å². The van der Waals surface area contributed by atoms with E-state index in [2.05, 4.69) is 5.32 Å². The molecule has 6 nitrogen and oxygen atoms in total. The fourth-order valence-electron chi connectivity index (χ4n) is 1.24. The van der Waals surface area contributed by atoms with Gasteiger partial charge >= 0.3 is 0 Å². The summed E-state index contributed by atoms with van der Waals surface area (Å²) in [5, 5.41) is 2.61. The van der Waals surface area contributed by atoms with Crippen LogP contribution in [-0.2, 0) is 18.6 Å². The van der Waals surface area contributed by atoms with Crippen LogP contribution in [0.2, 0.25) is 5.02 Å². The van der Waals surface area contributed by atoms with Gasteiger partial charge in [0.1, 0.15) is 5.75 Å². The van der Waals surface area contributed by atoms with Gasteiger partial charge in [-0.2, -0.15) is 0 Å². The van der Waals surface area contributed by atoms with E-state index in [0.717, 1.165) is 6.07 Å². The van der Waals surface area contributed by atoms with Crippen molar-refractivity contribution >= 4 is 37.2 Å². The van der Waals surface area contributed by atoms with Crippen molar-refractivity contribution < 1.29 is 22.7 Å². The molecule has 0 saturated heterocycles. The van der Waals surface area contributed by atoms with Crippen LogP contribution < -0.4 is 10.1 Å². The number of ether oxygens (including phenoxy) is 2.